The topological polar surface area (TPSA) is 66.7 Å². The van der Waals surface area contributed by atoms with E-state index in [2.05, 4.69) is 10.2 Å². The smallest absolute Gasteiger partial charge is 0.253 e. The first-order chi connectivity index (χ1) is 11.6. The van der Waals surface area contributed by atoms with Crippen molar-refractivity contribution in [3.8, 4) is 5.75 Å². The lowest BCUT2D eigenvalue weighted by molar-refractivity contribution is 0.0374. The molecule has 2 N–H and O–H groups in total. The van der Waals surface area contributed by atoms with E-state index in [0.717, 1.165) is 55.9 Å². The van der Waals surface area contributed by atoms with Crippen LogP contribution in [0, 0.1) is 6.92 Å². The van der Waals surface area contributed by atoms with Gasteiger partial charge in [0.15, 0.2) is 0 Å². The second-order valence-corrected chi connectivity index (χ2v) is 6.28. The normalized spacial score (nSPS) is 15.8. The van der Waals surface area contributed by atoms with Gasteiger partial charge in [0.05, 0.1) is 18.8 Å². The van der Waals surface area contributed by atoms with Crippen LogP contribution in [0.15, 0.2) is 18.2 Å². The molecule has 0 bridgehead atoms. The zero-order valence-corrected chi connectivity index (χ0v) is 14.3. The van der Waals surface area contributed by atoms with Crippen LogP contribution < -0.4 is 5.32 Å². The number of aromatic nitrogens is 1. The largest absolute Gasteiger partial charge is 0.508 e. The Bertz CT molecular complexity index is 733. The number of fused-ring (bicyclic) bond motifs is 1. The first-order valence-electron chi connectivity index (χ1n) is 8.44. The molecule has 0 atom stereocenters. The number of phenols is 1. The van der Waals surface area contributed by atoms with Gasteiger partial charge in [-0.25, -0.2) is 0 Å². The standard InChI is InChI=1S/C18H25N3O3/c1-13-17(15-12-14(22)4-5-16(15)20(13)2)18(23)19-6-3-7-21-8-10-24-11-9-21/h4-5,12,22H,3,6-11H2,1-2H3,(H,19,23). The molecule has 1 aliphatic rings. The maximum Gasteiger partial charge on any atom is 0.253 e. The minimum absolute atomic E-state index is 0.0781. The summed E-state index contributed by atoms with van der Waals surface area (Å²) in [6.45, 7) is 7.07. The van der Waals surface area contributed by atoms with Gasteiger partial charge in [-0.2, -0.15) is 0 Å². The summed E-state index contributed by atoms with van der Waals surface area (Å²) in [6, 6.07) is 5.14. The number of carbonyl (C=O) groups is 1. The molecule has 1 aliphatic heterocycles. The number of aromatic hydroxyl groups is 1. The van der Waals surface area contributed by atoms with E-state index in [-0.39, 0.29) is 11.7 Å². The molecule has 2 heterocycles. The Morgan fingerprint density at radius 2 is 2.08 bits per heavy atom. The van der Waals surface area contributed by atoms with E-state index in [1.165, 1.54) is 0 Å². The van der Waals surface area contributed by atoms with Gasteiger partial charge in [0, 0.05) is 43.3 Å². The third-order valence-corrected chi connectivity index (χ3v) is 4.74. The lowest BCUT2D eigenvalue weighted by Crippen LogP contribution is -2.38. The fourth-order valence-electron chi connectivity index (χ4n) is 3.26. The van der Waals surface area contributed by atoms with Crippen LogP contribution in [0.3, 0.4) is 0 Å². The number of rotatable bonds is 5. The summed E-state index contributed by atoms with van der Waals surface area (Å²) in [4.78, 5) is 15.0. The number of nitrogens with one attached hydrogen (secondary N) is 1. The summed E-state index contributed by atoms with van der Waals surface area (Å²) < 4.78 is 7.32. The summed E-state index contributed by atoms with van der Waals surface area (Å²) >= 11 is 0. The number of nitrogens with zero attached hydrogens (tertiary/aromatic N) is 2. The predicted octanol–water partition coefficient (Wildman–Crippen LogP) is 1.64. The molecule has 0 saturated carbocycles. The van der Waals surface area contributed by atoms with Crippen molar-refractivity contribution in [3.05, 3.63) is 29.5 Å². The van der Waals surface area contributed by atoms with Gasteiger partial charge in [0.2, 0.25) is 0 Å². The van der Waals surface area contributed by atoms with E-state index in [4.69, 9.17) is 4.74 Å². The molecule has 1 fully saturated rings. The molecule has 0 spiro atoms. The maximum absolute atomic E-state index is 12.6. The Hall–Kier alpha value is -2.05. The molecular weight excluding hydrogens is 306 g/mol. The number of aryl methyl sites for hydroxylation is 1. The van der Waals surface area contributed by atoms with Gasteiger partial charge >= 0.3 is 0 Å². The highest BCUT2D eigenvalue weighted by Crippen LogP contribution is 2.28. The van der Waals surface area contributed by atoms with Gasteiger partial charge in [-0.05, 0) is 38.1 Å². The molecule has 130 valence electrons. The minimum Gasteiger partial charge on any atom is -0.508 e. The number of hydrogen-bond donors (Lipinski definition) is 2. The molecule has 1 saturated heterocycles. The van der Waals surface area contributed by atoms with Crippen molar-refractivity contribution >= 4 is 16.8 Å². The van der Waals surface area contributed by atoms with Crippen molar-refractivity contribution in [2.75, 3.05) is 39.4 Å². The van der Waals surface area contributed by atoms with E-state index in [1.54, 1.807) is 12.1 Å². The van der Waals surface area contributed by atoms with Crippen molar-refractivity contribution in [3.63, 3.8) is 0 Å². The van der Waals surface area contributed by atoms with Gasteiger partial charge < -0.3 is 19.7 Å². The van der Waals surface area contributed by atoms with E-state index < -0.39 is 0 Å². The molecule has 0 radical (unpaired) electrons. The van der Waals surface area contributed by atoms with Crippen molar-refractivity contribution in [2.45, 2.75) is 13.3 Å². The Labute approximate surface area is 142 Å². The van der Waals surface area contributed by atoms with Crippen molar-refractivity contribution in [2.24, 2.45) is 7.05 Å². The summed E-state index contributed by atoms with van der Waals surface area (Å²) in [5, 5.41) is 13.5. The maximum atomic E-state index is 12.6. The van der Waals surface area contributed by atoms with Crippen LogP contribution in [0.1, 0.15) is 22.5 Å². The van der Waals surface area contributed by atoms with Crippen LogP contribution >= 0.6 is 0 Å². The van der Waals surface area contributed by atoms with Crippen molar-refractivity contribution < 1.29 is 14.6 Å². The molecular formula is C18H25N3O3. The molecule has 24 heavy (non-hydrogen) atoms. The van der Waals surface area contributed by atoms with Gasteiger partial charge in [-0.1, -0.05) is 0 Å². The van der Waals surface area contributed by atoms with Crippen LogP contribution in [0.5, 0.6) is 5.75 Å². The third-order valence-electron chi connectivity index (χ3n) is 4.74. The second-order valence-electron chi connectivity index (χ2n) is 6.28. The highest BCUT2D eigenvalue weighted by Gasteiger charge is 2.18. The number of carbonyl (C=O) groups excluding carboxylic acids is 1. The van der Waals surface area contributed by atoms with Crippen LogP contribution in [-0.4, -0.2) is 59.9 Å². The fraction of sp³-hybridized carbons (Fsp3) is 0.500. The summed E-state index contributed by atoms with van der Waals surface area (Å²) in [5.74, 6) is 0.0974. The number of benzene rings is 1. The highest BCUT2D eigenvalue weighted by atomic mass is 16.5. The minimum atomic E-state index is -0.0781. The Morgan fingerprint density at radius 1 is 1.33 bits per heavy atom. The molecule has 1 amide bonds. The first-order valence-corrected chi connectivity index (χ1v) is 8.44. The summed E-state index contributed by atoms with van der Waals surface area (Å²) in [7, 11) is 1.93. The molecule has 6 nitrogen and oxygen atoms in total. The Kier molecular flexibility index (Phi) is 5.06. The van der Waals surface area contributed by atoms with E-state index >= 15 is 0 Å². The van der Waals surface area contributed by atoms with Gasteiger partial charge in [-0.3, -0.25) is 9.69 Å². The second kappa shape index (κ2) is 7.23. The quantitative estimate of drug-likeness (QED) is 0.818. The molecule has 1 aromatic carbocycles. The molecule has 1 aromatic heterocycles. The third kappa shape index (κ3) is 3.39. The van der Waals surface area contributed by atoms with Crippen LogP contribution in [0.4, 0.5) is 0 Å². The monoisotopic (exact) mass is 331 g/mol. The first kappa shape index (κ1) is 16.8. The van der Waals surface area contributed by atoms with Crippen LogP contribution in [0.2, 0.25) is 0 Å². The molecule has 0 aliphatic carbocycles. The number of hydrogen-bond acceptors (Lipinski definition) is 4. The fourth-order valence-corrected chi connectivity index (χ4v) is 3.26. The van der Waals surface area contributed by atoms with Gasteiger partial charge in [0.25, 0.3) is 5.91 Å². The number of morpholine rings is 1. The van der Waals surface area contributed by atoms with Crippen LogP contribution in [0.25, 0.3) is 10.9 Å². The zero-order chi connectivity index (χ0) is 17.1. The van der Waals surface area contributed by atoms with Crippen molar-refractivity contribution in [1.82, 2.24) is 14.8 Å². The molecule has 0 unspecified atom stereocenters. The summed E-state index contributed by atoms with van der Waals surface area (Å²) in [5.41, 5.74) is 2.50. The average molecular weight is 331 g/mol. The van der Waals surface area contributed by atoms with Crippen molar-refractivity contribution in [1.29, 1.82) is 0 Å². The lowest BCUT2D eigenvalue weighted by Gasteiger charge is -2.26. The van der Waals surface area contributed by atoms with Gasteiger partial charge in [0.1, 0.15) is 5.75 Å². The number of amides is 1. The predicted molar refractivity (Wildman–Crippen MR) is 93.5 cm³/mol. The zero-order valence-electron chi connectivity index (χ0n) is 14.3. The van der Waals surface area contributed by atoms with Gasteiger partial charge in [-0.15, -0.1) is 0 Å². The Morgan fingerprint density at radius 3 is 2.83 bits per heavy atom. The molecule has 3 rings (SSSR count). The average Bonchev–Trinajstić information content (AvgIpc) is 2.83. The highest BCUT2D eigenvalue weighted by molar-refractivity contribution is 6.08. The van der Waals surface area contributed by atoms with E-state index in [0.29, 0.717) is 12.1 Å². The molecule has 6 heteroatoms. The van der Waals surface area contributed by atoms with E-state index in [1.807, 2.05) is 24.6 Å². The number of ether oxygens (including phenoxy) is 1. The van der Waals surface area contributed by atoms with E-state index in [9.17, 15) is 9.90 Å². The number of phenolic OH excluding ortho intramolecular Hbond substituents is 1. The van der Waals surface area contributed by atoms with Crippen LogP contribution in [-0.2, 0) is 11.8 Å². The SMILES string of the molecule is Cc1c(C(=O)NCCCN2CCOCC2)c2cc(O)ccc2n1C. The summed E-state index contributed by atoms with van der Waals surface area (Å²) in [6.07, 6.45) is 0.917. The molecule has 2 aromatic rings. The lowest BCUT2D eigenvalue weighted by atomic mass is 10.1. The Balaban J connectivity index is 1.63.